The Morgan fingerprint density at radius 1 is 1.14 bits per heavy atom. The summed E-state index contributed by atoms with van der Waals surface area (Å²) in [7, 11) is 1.64. The van der Waals surface area contributed by atoms with Crippen molar-refractivity contribution in [3.8, 4) is 5.75 Å². The molecule has 0 radical (unpaired) electrons. The number of hydrogen-bond donors (Lipinski definition) is 2. The zero-order chi connectivity index (χ0) is 15.2. The first-order valence-electron chi connectivity index (χ1n) is 6.57. The highest BCUT2D eigenvalue weighted by Gasteiger charge is 2.11. The van der Waals surface area contributed by atoms with E-state index in [1.807, 2.05) is 24.3 Å². The summed E-state index contributed by atoms with van der Waals surface area (Å²) in [5.41, 5.74) is 1.74. The van der Waals surface area contributed by atoms with Gasteiger partial charge in [0.1, 0.15) is 5.75 Å². The Hall–Kier alpha value is -1.26. The van der Waals surface area contributed by atoms with Gasteiger partial charge in [-0.3, -0.25) is 0 Å². The van der Waals surface area contributed by atoms with Crippen LogP contribution in [0.2, 0.25) is 10.0 Å². The second-order valence-electron chi connectivity index (χ2n) is 4.66. The average molecular weight is 326 g/mol. The number of nitrogens with one attached hydrogen (secondary N) is 1. The first-order chi connectivity index (χ1) is 10.1. The van der Waals surface area contributed by atoms with Gasteiger partial charge >= 0.3 is 0 Å². The average Bonchev–Trinajstić information content (AvgIpc) is 2.50. The lowest BCUT2D eigenvalue weighted by atomic mass is 10.1. The molecule has 2 aromatic carbocycles. The lowest BCUT2D eigenvalue weighted by molar-refractivity contribution is 0.174. The molecule has 21 heavy (non-hydrogen) atoms. The fraction of sp³-hybridized carbons (Fsp3) is 0.250. The summed E-state index contributed by atoms with van der Waals surface area (Å²) in [6, 6.07) is 12.8. The van der Waals surface area contributed by atoms with E-state index < -0.39 is 6.10 Å². The van der Waals surface area contributed by atoms with Gasteiger partial charge in [0.25, 0.3) is 0 Å². The van der Waals surface area contributed by atoms with Crippen LogP contribution in [0, 0.1) is 0 Å². The van der Waals surface area contributed by atoms with Crippen LogP contribution in [0.3, 0.4) is 0 Å². The van der Waals surface area contributed by atoms with Crippen molar-refractivity contribution in [2.24, 2.45) is 0 Å². The lowest BCUT2D eigenvalue weighted by Crippen LogP contribution is -2.21. The molecule has 0 aliphatic heterocycles. The molecular formula is C16H17Cl2NO2. The van der Waals surface area contributed by atoms with E-state index in [9.17, 15) is 5.11 Å². The Morgan fingerprint density at radius 3 is 2.52 bits per heavy atom. The highest BCUT2D eigenvalue weighted by Crippen LogP contribution is 2.26. The number of aliphatic hydroxyl groups is 1. The smallest absolute Gasteiger partial charge is 0.118 e. The summed E-state index contributed by atoms with van der Waals surface area (Å²) in [6.45, 7) is 1.05. The Balaban J connectivity index is 1.88. The minimum Gasteiger partial charge on any atom is -0.497 e. The highest BCUT2D eigenvalue weighted by molar-refractivity contribution is 6.33. The van der Waals surface area contributed by atoms with Crippen molar-refractivity contribution in [3.05, 3.63) is 63.6 Å². The topological polar surface area (TPSA) is 41.5 Å². The molecule has 0 aliphatic carbocycles. The van der Waals surface area contributed by atoms with Gasteiger partial charge in [-0.15, -0.1) is 0 Å². The van der Waals surface area contributed by atoms with Crippen LogP contribution in [0.4, 0.5) is 0 Å². The van der Waals surface area contributed by atoms with Crippen LogP contribution in [0.25, 0.3) is 0 Å². The lowest BCUT2D eigenvalue weighted by Gasteiger charge is -2.14. The van der Waals surface area contributed by atoms with Crippen LogP contribution in [-0.2, 0) is 6.54 Å². The third kappa shape index (κ3) is 4.61. The van der Waals surface area contributed by atoms with Crippen LogP contribution in [0.1, 0.15) is 17.2 Å². The van der Waals surface area contributed by atoms with E-state index in [1.54, 1.807) is 25.3 Å². The highest BCUT2D eigenvalue weighted by atomic mass is 35.5. The predicted octanol–water partition coefficient (Wildman–Crippen LogP) is 3.83. The van der Waals surface area contributed by atoms with Gasteiger partial charge in [-0.2, -0.15) is 0 Å². The number of ether oxygens (including phenoxy) is 1. The zero-order valence-electron chi connectivity index (χ0n) is 11.6. The van der Waals surface area contributed by atoms with Gasteiger partial charge < -0.3 is 15.2 Å². The van der Waals surface area contributed by atoms with E-state index in [1.165, 1.54) is 0 Å². The van der Waals surface area contributed by atoms with E-state index in [2.05, 4.69) is 5.32 Å². The molecule has 0 saturated carbocycles. The molecule has 0 amide bonds. The van der Waals surface area contributed by atoms with Crippen molar-refractivity contribution in [2.45, 2.75) is 12.6 Å². The van der Waals surface area contributed by atoms with Crippen LogP contribution >= 0.6 is 23.2 Å². The Bertz CT molecular complexity index is 587. The third-order valence-electron chi connectivity index (χ3n) is 3.14. The molecule has 1 atom stereocenters. The minimum atomic E-state index is -0.700. The fourth-order valence-electron chi connectivity index (χ4n) is 1.98. The van der Waals surface area contributed by atoms with Crippen LogP contribution < -0.4 is 10.1 Å². The van der Waals surface area contributed by atoms with Gasteiger partial charge in [0.15, 0.2) is 0 Å². The summed E-state index contributed by atoms with van der Waals surface area (Å²) < 4.78 is 5.11. The second-order valence-corrected chi connectivity index (χ2v) is 5.50. The van der Waals surface area contributed by atoms with Gasteiger partial charge in [-0.1, -0.05) is 35.3 Å². The summed E-state index contributed by atoms with van der Waals surface area (Å²) in [4.78, 5) is 0. The molecule has 0 heterocycles. The molecular weight excluding hydrogens is 309 g/mol. The molecule has 2 N–H and O–H groups in total. The summed E-state index contributed by atoms with van der Waals surface area (Å²) in [5, 5.41) is 14.4. The Morgan fingerprint density at radius 2 is 1.86 bits per heavy atom. The van der Waals surface area contributed by atoms with Crippen molar-refractivity contribution >= 4 is 23.2 Å². The number of aliphatic hydroxyl groups excluding tert-OH is 1. The number of halogens is 2. The molecule has 5 heteroatoms. The first-order valence-corrected chi connectivity index (χ1v) is 7.32. The quantitative estimate of drug-likeness (QED) is 0.848. The van der Waals surface area contributed by atoms with Gasteiger partial charge in [-0.05, 0) is 35.9 Å². The monoisotopic (exact) mass is 325 g/mol. The van der Waals surface area contributed by atoms with Crippen LogP contribution in [-0.4, -0.2) is 18.8 Å². The van der Waals surface area contributed by atoms with Crippen LogP contribution in [0.15, 0.2) is 42.5 Å². The molecule has 0 fully saturated rings. The van der Waals surface area contributed by atoms with Gasteiger partial charge in [0.2, 0.25) is 0 Å². The normalized spacial score (nSPS) is 12.2. The van der Waals surface area contributed by atoms with Crippen molar-refractivity contribution in [2.75, 3.05) is 13.7 Å². The number of rotatable bonds is 6. The maximum atomic E-state index is 10.2. The Labute approximate surface area is 134 Å². The number of benzene rings is 2. The van der Waals surface area contributed by atoms with Crippen molar-refractivity contribution in [1.82, 2.24) is 5.32 Å². The second kappa shape index (κ2) is 7.66. The summed E-state index contributed by atoms with van der Waals surface area (Å²) >= 11 is 12.0. The van der Waals surface area contributed by atoms with E-state index in [0.717, 1.165) is 11.3 Å². The predicted molar refractivity (Wildman–Crippen MR) is 86.1 cm³/mol. The molecule has 3 nitrogen and oxygen atoms in total. The van der Waals surface area contributed by atoms with Crippen molar-refractivity contribution in [3.63, 3.8) is 0 Å². The van der Waals surface area contributed by atoms with E-state index in [-0.39, 0.29) is 0 Å². The zero-order valence-corrected chi connectivity index (χ0v) is 13.2. The molecule has 0 spiro atoms. The molecule has 0 aromatic heterocycles. The van der Waals surface area contributed by atoms with Crippen molar-refractivity contribution < 1.29 is 9.84 Å². The molecule has 2 aromatic rings. The van der Waals surface area contributed by atoms with Gasteiger partial charge in [0, 0.05) is 28.7 Å². The maximum absolute atomic E-state index is 10.2. The molecule has 2 rings (SSSR count). The summed E-state index contributed by atoms with van der Waals surface area (Å²) in [5.74, 6) is 0.824. The molecule has 0 saturated heterocycles. The van der Waals surface area contributed by atoms with Gasteiger partial charge in [0.05, 0.1) is 13.2 Å². The van der Waals surface area contributed by atoms with E-state index >= 15 is 0 Å². The van der Waals surface area contributed by atoms with Crippen LogP contribution in [0.5, 0.6) is 5.75 Å². The standard InChI is InChI=1S/C16H17Cl2NO2/c1-21-13-5-2-11(3-6-13)9-19-10-16(20)14-8-12(17)4-7-15(14)18/h2-8,16,19-20H,9-10H2,1H3. The van der Waals surface area contributed by atoms with E-state index in [4.69, 9.17) is 27.9 Å². The maximum Gasteiger partial charge on any atom is 0.118 e. The molecule has 0 aliphatic rings. The summed E-state index contributed by atoms with van der Waals surface area (Å²) in [6.07, 6.45) is -0.700. The first kappa shape index (κ1) is 16.1. The van der Waals surface area contributed by atoms with Gasteiger partial charge in [-0.25, -0.2) is 0 Å². The Kier molecular flexibility index (Phi) is 5.88. The molecule has 1 unspecified atom stereocenters. The SMILES string of the molecule is COc1ccc(CNCC(O)c2cc(Cl)ccc2Cl)cc1. The number of hydrogen-bond acceptors (Lipinski definition) is 3. The largest absolute Gasteiger partial charge is 0.497 e. The fourth-order valence-corrected chi connectivity index (χ4v) is 2.40. The van der Waals surface area contributed by atoms with Crippen molar-refractivity contribution in [1.29, 1.82) is 0 Å². The molecule has 112 valence electrons. The minimum absolute atomic E-state index is 0.395. The number of methoxy groups -OCH3 is 1. The molecule has 0 bridgehead atoms. The van der Waals surface area contributed by atoms with E-state index in [0.29, 0.717) is 28.7 Å². The third-order valence-corrected chi connectivity index (χ3v) is 3.72.